The highest BCUT2D eigenvalue weighted by Crippen LogP contribution is 2.13. The molecule has 106 valence electrons. The quantitative estimate of drug-likeness (QED) is 0.896. The van der Waals surface area contributed by atoms with Crippen LogP contribution in [0.15, 0.2) is 24.3 Å². The molecule has 1 saturated heterocycles. The summed E-state index contributed by atoms with van der Waals surface area (Å²) >= 11 is 0. The molecule has 0 saturated carbocycles. The molecule has 1 aliphatic rings. The molecule has 1 aromatic carbocycles. The largest absolute Gasteiger partial charge is 0.325 e. The number of para-hydroxylation sites is 1. The van der Waals surface area contributed by atoms with Crippen molar-refractivity contribution in [2.75, 3.05) is 36.5 Å². The fourth-order valence-corrected chi connectivity index (χ4v) is 3.19. The van der Waals surface area contributed by atoms with Crippen LogP contribution in [0.4, 0.5) is 5.69 Å². The van der Waals surface area contributed by atoms with Crippen molar-refractivity contribution in [1.82, 2.24) is 4.90 Å². The summed E-state index contributed by atoms with van der Waals surface area (Å²) in [5.41, 5.74) is 1.02. The average molecular weight is 291 g/mol. The third-order valence-corrected chi connectivity index (χ3v) is 4.52. The van der Waals surface area contributed by atoms with Crippen LogP contribution in [0, 0.1) is 11.3 Å². The Morgan fingerprint density at radius 2 is 2.05 bits per heavy atom. The predicted octanol–water partition coefficient (Wildman–Crippen LogP) is 0.951. The SMILES string of the molecule is N#Cc1ccccc1NC(=O)CCN1CCS(=O)CC1. The van der Waals surface area contributed by atoms with Gasteiger partial charge in [0.15, 0.2) is 0 Å². The summed E-state index contributed by atoms with van der Waals surface area (Å²) in [6, 6.07) is 9.01. The number of nitriles is 1. The van der Waals surface area contributed by atoms with Gasteiger partial charge in [-0.2, -0.15) is 5.26 Å². The molecule has 0 atom stereocenters. The van der Waals surface area contributed by atoms with E-state index < -0.39 is 10.8 Å². The number of anilines is 1. The van der Waals surface area contributed by atoms with Crippen molar-refractivity contribution >= 4 is 22.4 Å². The average Bonchev–Trinajstić information content (AvgIpc) is 2.47. The summed E-state index contributed by atoms with van der Waals surface area (Å²) in [6.07, 6.45) is 0.381. The van der Waals surface area contributed by atoms with Crippen molar-refractivity contribution in [1.29, 1.82) is 5.26 Å². The number of rotatable bonds is 4. The van der Waals surface area contributed by atoms with E-state index in [0.29, 0.717) is 35.7 Å². The molecule has 1 amide bonds. The first-order valence-electron chi connectivity index (χ1n) is 6.55. The highest BCUT2D eigenvalue weighted by Gasteiger charge is 2.16. The molecule has 0 unspecified atom stereocenters. The Morgan fingerprint density at radius 3 is 2.75 bits per heavy atom. The van der Waals surface area contributed by atoms with Crippen LogP contribution in [0.3, 0.4) is 0 Å². The number of amides is 1. The Kier molecular flexibility index (Phi) is 5.27. The van der Waals surface area contributed by atoms with Crippen LogP contribution in [0.1, 0.15) is 12.0 Å². The van der Waals surface area contributed by atoms with Crippen LogP contribution in [0.5, 0.6) is 0 Å². The summed E-state index contributed by atoms with van der Waals surface area (Å²) in [4.78, 5) is 14.0. The second kappa shape index (κ2) is 7.17. The van der Waals surface area contributed by atoms with Crippen LogP contribution in [-0.4, -0.2) is 46.2 Å². The van der Waals surface area contributed by atoms with E-state index in [0.717, 1.165) is 13.1 Å². The standard InChI is InChI=1S/C14H17N3O2S/c15-11-12-3-1-2-4-13(12)16-14(18)5-6-17-7-9-20(19)10-8-17/h1-4H,5-10H2,(H,16,18). The van der Waals surface area contributed by atoms with E-state index >= 15 is 0 Å². The minimum atomic E-state index is -0.689. The lowest BCUT2D eigenvalue weighted by Crippen LogP contribution is -2.39. The van der Waals surface area contributed by atoms with Gasteiger partial charge in [0.2, 0.25) is 5.91 Å². The summed E-state index contributed by atoms with van der Waals surface area (Å²) in [5, 5.41) is 11.7. The van der Waals surface area contributed by atoms with Crippen LogP contribution < -0.4 is 5.32 Å². The molecule has 1 aromatic rings. The maximum Gasteiger partial charge on any atom is 0.225 e. The Labute approximate surface area is 121 Å². The number of hydrogen-bond donors (Lipinski definition) is 1. The Balaban J connectivity index is 1.81. The lowest BCUT2D eigenvalue weighted by atomic mass is 10.2. The van der Waals surface area contributed by atoms with Gasteiger partial charge in [0.25, 0.3) is 0 Å². The molecule has 5 nitrogen and oxygen atoms in total. The first-order valence-corrected chi connectivity index (χ1v) is 8.04. The molecule has 1 N–H and O–H groups in total. The molecule has 2 rings (SSSR count). The molecule has 20 heavy (non-hydrogen) atoms. The summed E-state index contributed by atoms with van der Waals surface area (Å²) in [6.45, 7) is 2.24. The van der Waals surface area contributed by atoms with Gasteiger partial charge in [0.1, 0.15) is 6.07 Å². The Morgan fingerprint density at radius 1 is 1.35 bits per heavy atom. The summed E-state index contributed by atoms with van der Waals surface area (Å²) in [7, 11) is -0.689. The van der Waals surface area contributed by atoms with Crippen LogP contribution in [0.2, 0.25) is 0 Å². The highest BCUT2D eigenvalue weighted by molar-refractivity contribution is 7.85. The van der Waals surface area contributed by atoms with Gasteiger partial charge in [-0.1, -0.05) is 12.1 Å². The topological polar surface area (TPSA) is 73.2 Å². The predicted molar refractivity (Wildman–Crippen MR) is 78.7 cm³/mol. The molecule has 0 bridgehead atoms. The first-order chi connectivity index (χ1) is 9.69. The van der Waals surface area contributed by atoms with E-state index in [1.54, 1.807) is 24.3 Å². The number of nitrogens with one attached hydrogen (secondary N) is 1. The normalized spacial score (nSPS) is 16.6. The maximum absolute atomic E-state index is 11.9. The van der Waals surface area contributed by atoms with Crippen molar-refractivity contribution in [2.24, 2.45) is 0 Å². The summed E-state index contributed by atoms with van der Waals surface area (Å²) in [5.74, 6) is 1.29. The van der Waals surface area contributed by atoms with Gasteiger partial charge in [-0.15, -0.1) is 0 Å². The second-order valence-electron chi connectivity index (χ2n) is 4.65. The van der Waals surface area contributed by atoms with Gasteiger partial charge in [-0.25, -0.2) is 0 Å². The minimum absolute atomic E-state index is 0.0978. The minimum Gasteiger partial charge on any atom is -0.325 e. The van der Waals surface area contributed by atoms with Crippen molar-refractivity contribution < 1.29 is 9.00 Å². The van der Waals surface area contributed by atoms with Crippen LogP contribution in [-0.2, 0) is 15.6 Å². The monoisotopic (exact) mass is 291 g/mol. The Bertz CT molecular complexity index is 544. The molecular formula is C14H17N3O2S. The third kappa shape index (κ3) is 4.15. The highest BCUT2D eigenvalue weighted by atomic mass is 32.2. The van der Waals surface area contributed by atoms with E-state index in [-0.39, 0.29) is 5.91 Å². The molecule has 1 fully saturated rings. The smallest absolute Gasteiger partial charge is 0.225 e. The summed E-state index contributed by atoms with van der Waals surface area (Å²) < 4.78 is 11.2. The van der Waals surface area contributed by atoms with Crippen LogP contribution in [0.25, 0.3) is 0 Å². The van der Waals surface area contributed by atoms with E-state index in [9.17, 15) is 9.00 Å². The Hall–Kier alpha value is -1.71. The van der Waals surface area contributed by atoms with Crippen molar-refractivity contribution in [3.8, 4) is 6.07 Å². The zero-order valence-electron chi connectivity index (χ0n) is 11.2. The number of nitrogens with zero attached hydrogens (tertiary/aromatic N) is 2. The van der Waals surface area contributed by atoms with Gasteiger partial charge in [-0.3, -0.25) is 9.00 Å². The number of carbonyl (C=O) groups is 1. The fraction of sp³-hybridized carbons (Fsp3) is 0.429. The van der Waals surface area contributed by atoms with E-state index in [1.165, 1.54) is 0 Å². The van der Waals surface area contributed by atoms with E-state index in [2.05, 4.69) is 16.3 Å². The molecule has 1 heterocycles. The fourth-order valence-electron chi connectivity index (χ4n) is 2.06. The van der Waals surface area contributed by atoms with E-state index in [1.807, 2.05) is 0 Å². The van der Waals surface area contributed by atoms with Gasteiger partial charge in [-0.05, 0) is 12.1 Å². The van der Waals surface area contributed by atoms with Gasteiger partial charge in [0.05, 0.1) is 11.3 Å². The number of hydrogen-bond acceptors (Lipinski definition) is 4. The number of benzene rings is 1. The van der Waals surface area contributed by atoms with Crippen molar-refractivity contribution in [2.45, 2.75) is 6.42 Å². The lowest BCUT2D eigenvalue weighted by molar-refractivity contribution is -0.116. The van der Waals surface area contributed by atoms with E-state index in [4.69, 9.17) is 5.26 Å². The maximum atomic E-state index is 11.9. The molecule has 0 radical (unpaired) electrons. The molecule has 1 aliphatic heterocycles. The zero-order chi connectivity index (χ0) is 14.4. The molecule has 6 heteroatoms. The zero-order valence-corrected chi connectivity index (χ0v) is 12.0. The molecule has 0 aromatic heterocycles. The van der Waals surface area contributed by atoms with Crippen molar-refractivity contribution in [3.05, 3.63) is 29.8 Å². The molecule has 0 spiro atoms. The van der Waals surface area contributed by atoms with Gasteiger partial charge in [0, 0.05) is 48.4 Å². The lowest BCUT2D eigenvalue weighted by Gasteiger charge is -2.25. The second-order valence-corrected chi connectivity index (χ2v) is 6.34. The van der Waals surface area contributed by atoms with Gasteiger partial charge >= 0.3 is 0 Å². The van der Waals surface area contributed by atoms with Crippen molar-refractivity contribution in [3.63, 3.8) is 0 Å². The van der Waals surface area contributed by atoms with Crippen LogP contribution >= 0.6 is 0 Å². The first kappa shape index (κ1) is 14.7. The van der Waals surface area contributed by atoms with Gasteiger partial charge < -0.3 is 10.2 Å². The molecular weight excluding hydrogens is 274 g/mol. The molecule has 0 aliphatic carbocycles. The number of carbonyl (C=O) groups excluding carboxylic acids is 1. The third-order valence-electron chi connectivity index (χ3n) is 3.25.